The first-order valence-corrected chi connectivity index (χ1v) is 16.0. The van der Waals surface area contributed by atoms with Crippen LogP contribution in [-0.4, -0.2) is 78.6 Å². The van der Waals surface area contributed by atoms with Gasteiger partial charge in [-0.05, 0) is 42.7 Å². The highest BCUT2D eigenvalue weighted by Crippen LogP contribution is 2.43. The lowest BCUT2D eigenvalue weighted by Gasteiger charge is -2.37. The second kappa shape index (κ2) is 12.7. The molecule has 0 saturated carbocycles. The van der Waals surface area contributed by atoms with Gasteiger partial charge in [0.15, 0.2) is 6.73 Å². The van der Waals surface area contributed by atoms with Crippen LogP contribution in [0.4, 0.5) is 10.1 Å². The lowest BCUT2D eigenvalue weighted by atomic mass is 9.96. The Morgan fingerprint density at radius 1 is 1.10 bits per heavy atom. The molecule has 0 spiro atoms. The summed E-state index contributed by atoms with van der Waals surface area (Å²) in [4.78, 5) is 33.6. The maximum atomic E-state index is 15.7. The van der Waals surface area contributed by atoms with E-state index in [-0.39, 0.29) is 57.8 Å². The number of hydrazone groups is 1. The molecule has 2 atom stereocenters. The van der Waals surface area contributed by atoms with E-state index in [1.54, 1.807) is 43.4 Å². The molecule has 246 valence electrons. The number of amides is 1. The number of anilines is 1. The fourth-order valence-corrected chi connectivity index (χ4v) is 7.43. The molecular weight excluding hydrogens is 662 g/mol. The van der Waals surface area contributed by atoms with Gasteiger partial charge in [-0.1, -0.05) is 41.4 Å². The summed E-state index contributed by atoms with van der Waals surface area (Å²) >= 11 is 13.3. The monoisotopic (exact) mass is 690 g/mol. The molecule has 0 aliphatic carbocycles. The van der Waals surface area contributed by atoms with Crippen molar-refractivity contribution >= 4 is 64.0 Å². The molecule has 0 aromatic heterocycles. The largest absolute Gasteiger partial charge is 0.478 e. The van der Waals surface area contributed by atoms with Gasteiger partial charge in [-0.15, -0.1) is 0 Å². The Morgan fingerprint density at radius 3 is 2.52 bits per heavy atom. The van der Waals surface area contributed by atoms with Crippen LogP contribution in [0.25, 0.3) is 16.7 Å². The molecule has 2 unspecified atom stereocenters. The van der Waals surface area contributed by atoms with E-state index in [2.05, 4.69) is 20.4 Å². The van der Waals surface area contributed by atoms with Crippen molar-refractivity contribution in [3.63, 3.8) is 0 Å². The number of benzene rings is 3. The molecule has 3 aromatic carbocycles. The smallest absolute Gasteiger partial charge is 0.337 e. The van der Waals surface area contributed by atoms with E-state index in [4.69, 9.17) is 38.1 Å². The Morgan fingerprint density at radius 2 is 1.83 bits per heavy atom. The highest BCUT2D eigenvalue weighted by atomic mass is 35.5. The number of ether oxygens (including phenoxy) is 2. The molecule has 4 aliphatic rings. The van der Waals surface area contributed by atoms with Gasteiger partial charge in [0.2, 0.25) is 0 Å². The van der Waals surface area contributed by atoms with Gasteiger partial charge in [-0.2, -0.15) is 5.10 Å². The van der Waals surface area contributed by atoms with E-state index in [0.29, 0.717) is 52.6 Å². The van der Waals surface area contributed by atoms with Crippen molar-refractivity contribution < 1.29 is 28.6 Å². The van der Waals surface area contributed by atoms with Crippen molar-refractivity contribution in [2.75, 3.05) is 31.9 Å². The maximum Gasteiger partial charge on any atom is 0.337 e. The van der Waals surface area contributed by atoms with Crippen LogP contribution in [0.15, 0.2) is 58.8 Å². The normalized spacial score (nSPS) is 20.8. The Hall–Kier alpha value is -4.78. The third-order valence-electron chi connectivity index (χ3n) is 8.94. The maximum absolute atomic E-state index is 15.7. The van der Waals surface area contributed by atoms with Crippen LogP contribution in [-0.2, 0) is 11.3 Å². The van der Waals surface area contributed by atoms with E-state index in [0.717, 1.165) is 18.9 Å². The van der Waals surface area contributed by atoms with E-state index in [1.807, 2.05) is 0 Å². The van der Waals surface area contributed by atoms with E-state index in [1.165, 1.54) is 17.3 Å². The number of carbonyl (C=O) groups is 2. The number of allylic oxidation sites excluding steroid dienone is 1. The van der Waals surface area contributed by atoms with Crippen molar-refractivity contribution in [1.82, 2.24) is 10.3 Å². The number of hydrogen-bond acceptors (Lipinski definition) is 9. The van der Waals surface area contributed by atoms with Crippen LogP contribution in [0.5, 0.6) is 5.75 Å². The molecule has 48 heavy (non-hydrogen) atoms. The van der Waals surface area contributed by atoms with Crippen molar-refractivity contribution in [2.45, 2.75) is 31.5 Å². The standard InChI is InChI=1S/C34H29Cl2FN6O5/c1-39-41-31-24(11-40-12-28(31)38)18-7-25(35)30(26(36)8-18)33(44)42-13-17-3-2-4-21(32(17)48-16-42)22-10-29(23(34(45)46)9-27(22)37)43-19-5-6-20(43)15-47-14-19/h2-4,7-12,19-20,38-39H,5-6,13-16H2,1H3,(H,45,46)/b38-28?,41-31-. The first-order valence-electron chi connectivity index (χ1n) is 15.2. The second-order valence-corrected chi connectivity index (χ2v) is 12.6. The summed E-state index contributed by atoms with van der Waals surface area (Å²) < 4.78 is 27.5. The summed E-state index contributed by atoms with van der Waals surface area (Å²) in [6.45, 7) is 0.926. The number of hydrogen-bond donors (Lipinski definition) is 3. The zero-order chi connectivity index (χ0) is 33.7. The molecule has 7 rings (SSSR count). The predicted molar refractivity (Wildman–Crippen MR) is 181 cm³/mol. The summed E-state index contributed by atoms with van der Waals surface area (Å²) in [5.41, 5.74) is 5.86. The summed E-state index contributed by atoms with van der Waals surface area (Å²) in [5, 5.41) is 22.5. The van der Waals surface area contributed by atoms with Crippen LogP contribution >= 0.6 is 23.2 Å². The minimum absolute atomic E-state index is 0.0123. The van der Waals surface area contributed by atoms with Crippen LogP contribution in [0.2, 0.25) is 10.0 Å². The highest BCUT2D eigenvalue weighted by molar-refractivity contribution is 6.72. The number of carboxylic acid groups (broad SMARTS) is 1. The Balaban J connectivity index is 1.19. The molecule has 3 aromatic rings. The van der Waals surface area contributed by atoms with Crippen molar-refractivity contribution in [1.29, 1.82) is 5.41 Å². The summed E-state index contributed by atoms with van der Waals surface area (Å²) in [6, 6.07) is 11.1. The third-order valence-corrected chi connectivity index (χ3v) is 9.54. The van der Waals surface area contributed by atoms with Gasteiger partial charge in [0.05, 0.1) is 64.9 Å². The lowest BCUT2D eigenvalue weighted by Crippen LogP contribution is -2.46. The molecule has 4 aliphatic heterocycles. The summed E-state index contributed by atoms with van der Waals surface area (Å²) in [7, 11) is 1.62. The van der Waals surface area contributed by atoms with Gasteiger partial charge in [0.1, 0.15) is 23.0 Å². The number of aliphatic imine (C=N–C) groups is 1. The van der Waals surface area contributed by atoms with Crippen LogP contribution in [0.1, 0.15) is 44.7 Å². The van der Waals surface area contributed by atoms with E-state index < -0.39 is 17.7 Å². The second-order valence-electron chi connectivity index (χ2n) is 11.8. The Kier molecular flexibility index (Phi) is 8.40. The molecule has 11 nitrogen and oxygen atoms in total. The van der Waals surface area contributed by atoms with Crippen molar-refractivity contribution in [3.05, 3.63) is 86.8 Å². The molecule has 14 heteroatoms. The fourth-order valence-electron chi connectivity index (χ4n) is 6.78. The number of nitrogens with zero attached hydrogens (tertiary/aromatic N) is 4. The highest BCUT2D eigenvalue weighted by Gasteiger charge is 2.40. The molecule has 2 saturated heterocycles. The minimum Gasteiger partial charge on any atom is -0.478 e. The number of para-hydroxylation sites is 1. The van der Waals surface area contributed by atoms with Crippen molar-refractivity contribution in [3.8, 4) is 16.9 Å². The molecule has 0 radical (unpaired) electrons. The molecule has 1 amide bonds. The van der Waals surface area contributed by atoms with Gasteiger partial charge in [-0.3, -0.25) is 15.2 Å². The van der Waals surface area contributed by atoms with Crippen LogP contribution < -0.4 is 15.1 Å². The molecule has 3 N–H and O–H groups in total. The number of aromatic carboxylic acids is 1. The SMILES string of the molecule is CN/N=C1\C(=N)C=NC=C1c1cc(Cl)c(C(=O)N2COc3c(cccc3-c3cc(N4C5CCC4COC5)c(C(=O)O)cc3F)C2)c(Cl)c1. The number of fused-ring (bicyclic) bond motifs is 3. The predicted octanol–water partition coefficient (Wildman–Crippen LogP) is 5.88. The van der Waals surface area contributed by atoms with Gasteiger partial charge < -0.3 is 29.8 Å². The number of morpholine rings is 1. The summed E-state index contributed by atoms with van der Waals surface area (Å²) in [5.74, 6) is -1.97. The number of halogens is 3. The van der Waals surface area contributed by atoms with Crippen LogP contribution in [0.3, 0.4) is 0 Å². The average molecular weight is 692 g/mol. The third kappa shape index (κ3) is 5.49. The number of carbonyl (C=O) groups excluding carboxylic acids is 1. The Bertz CT molecular complexity index is 1940. The van der Waals surface area contributed by atoms with Gasteiger partial charge in [-0.25, -0.2) is 9.18 Å². The quantitative estimate of drug-likeness (QED) is 0.275. The van der Waals surface area contributed by atoms with Crippen molar-refractivity contribution in [2.24, 2.45) is 10.1 Å². The van der Waals surface area contributed by atoms with Gasteiger partial charge in [0, 0.05) is 35.5 Å². The average Bonchev–Trinajstić information content (AvgIpc) is 3.31. The van der Waals surface area contributed by atoms with Gasteiger partial charge in [0.25, 0.3) is 5.91 Å². The topological polar surface area (TPSA) is 140 Å². The minimum atomic E-state index is -1.21. The first kappa shape index (κ1) is 31.8. The van der Waals surface area contributed by atoms with Gasteiger partial charge >= 0.3 is 5.97 Å². The fraction of sp³-hybridized carbons (Fsp3) is 0.265. The Labute approximate surface area is 284 Å². The summed E-state index contributed by atoms with van der Waals surface area (Å²) in [6.07, 6.45) is 4.64. The van der Waals surface area contributed by atoms with E-state index in [9.17, 15) is 14.7 Å². The van der Waals surface area contributed by atoms with Crippen LogP contribution in [0, 0.1) is 11.2 Å². The first-order chi connectivity index (χ1) is 23.2. The molecule has 2 fully saturated rings. The molecule has 2 bridgehead atoms. The van der Waals surface area contributed by atoms with E-state index >= 15 is 4.39 Å². The zero-order valence-corrected chi connectivity index (χ0v) is 27.1. The molecule has 4 heterocycles. The number of rotatable bonds is 6. The number of carboxylic acids is 1. The lowest BCUT2D eigenvalue weighted by molar-refractivity contribution is 0.0516. The molecular formula is C34H29Cl2FN6O5. The number of nitrogens with one attached hydrogen (secondary N) is 2. The zero-order valence-electron chi connectivity index (χ0n) is 25.6.